The molecule has 1 aromatic carbocycles. The summed E-state index contributed by atoms with van der Waals surface area (Å²) in [6.07, 6.45) is 2.07. The standard InChI is InChI=1S/C13H17ClO3/c1-17-13(16)5-3-2-4-12(15)10-6-8-11(14)9-7-10/h6-9,12,15H,2-5H2,1H3. The molecule has 0 saturated heterocycles. The van der Waals surface area contributed by atoms with E-state index in [9.17, 15) is 9.90 Å². The Hall–Kier alpha value is -1.06. The summed E-state index contributed by atoms with van der Waals surface area (Å²) in [5.41, 5.74) is 0.854. The van der Waals surface area contributed by atoms with E-state index in [1.807, 2.05) is 12.1 Å². The van der Waals surface area contributed by atoms with Crippen LogP contribution in [0, 0.1) is 0 Å². The molecule has 0 aliphatic heterocycles. The van der Waals surface area contributed by atoms with Gasteiger partial charge in [0.05, 0.1) is 13.2 Å². The molecule has 0 heterocycles. The van der Waals surface area contributed by atoms with E-state index >= 15 is 0 Å². The van der Waals surface area contributed by atoms with E-state index in [1.165, 1.54) is 7.11 Å². The SMILES string of the molecule is COC(=O)CCCCC(O)c1ccc(Cl)cc1. The molecule has 1 rings (SSSR count). The van der Waals surface area contributed by atoms with E-state index < -0.39 is 6.10 Å². The van der Waals surface area contributed by atoms with E-state index in [4.69, 9.17) is 11.6 Å². The Kier molecular flexibility index (Phi) is 6.01. The van der Waals surface area contributed by atoms with Crippen LogP contribution in [-0.4, -0.2) is 18.2 Å². The Morgan fingerprint density at radius 3 is 2.59 bits per heavy atom. The Morgan fingerprint density at radius 1 is 1.35 bits per heavy atom. The van der Waals surface area contributed by atoms with E-state index in [0.717, 1.165) is 18.4 Å². The van der Waals surface area contributed by atoms with Gasteiger partial charge in [0.15, 0.2) is 0 Å². The van der Waals surface area contributed by atoms with Crippen molar-refractivity contribution in [2.75, 3.05) is 7.11 Å². The largest absolute Gasteiger partial charge is 0.469 e. The number of hydrogen-bond donors (Lipinski definition) is 1. The highest BCUT2D eigenvalue weighted by Gasteiger charge is 2.07. The van der Waals surface area contributed by atoms with Crippen molar-refractivity contribution in [2.45, 2.75) is 31.8 Å². The van der Waals surface area contributed by atoms with Crippen molar-refractivity contribution in [1.82, 2.24) is 0 Å². The fourth-order valence-electron chi connectivity index (χ4n) is 1.56. The van der Waals surface area contributed by atoms with Gasteiger partial charge in [-0.15, -0.1) is 0 Å². The number of methoxy groups -OCH3 is 1. The number of benzene rings is 1. The number of ether oxygens (including phenoxy) is 1. The number of carbonyl (C=O) groups is 1. The summed E-state index contributed by atoms with van der Waals surface area (Å²) < 4.78 is 4.54. The van der Waals surface area contributed by atoms with Crippen LogP contribution in [0.3, 0.4) is 0 Å². The molecule has 1 aromatic rings. The van der Waals surface area contributed by atoms with Gasteiger partial charge < -0.3 is 9.84 Å². The van der Waals surface area contributed by atoms with Crippen LogP contribution in [-0.2, 0) is 9.53 Å². The molecular weight excluding hydrogens is 240 g/mol. The molecule has 0 spiro atoms. The van der Waals surface area contributed by atoms with Crippen molar-refractivity contribution in [3.05, 3.63) is 34.9 Å². The smallest absolute Gasteiger partial charge is 0.305 e. The van der Waals surface area contributed by atoms with E-state index in [-0.39, 0.29) is 5.97 Å². The highest BCUT2D eigenvalue weighted by molar-refractivity contribution is 6.30. The summed E-state index contributed by atoms with van der Waals surface area (Å²) in [7, 11) is 1.38. The normalized spacial score (nSPS) is 12.2. The number of aliphatic hydroxyl groups excluding tert-OH is 1. The third-order valence-corrected chi connectivity index (χ3v) is 2.84. The number of hydrogen-bond acceptors (Lipinski definition) is 3. The van der Waals surface area contributed by atoms with E-state index in [2.05, 4.69) is 4.74 Å². The zero-order chi connectivity index (χ0) is 12.7. The molecule has 94 valence electrons. The second-order valence-corrected chi connectivity index (χ2v) is 4.33. The highest BCUT2D eigenvalue weighted by Crippen LogP contribution is 2.21. The minimum Gasteiger partial charge on any atom is -0.469 e. The van der Waals surface area contributed by atoms with Gasteiger partial charge in [-0.05, 0) is 37.0 Å². The number of carbonyl (C=O) groups excluding carboxylic acids is 1. The minimum absolute atomic E-state index is 0.203. The molecule has 0 aliphatic rings. The highest BCUT2D eigenvalue weighted by atomic mass is 35.5. The van der Waals surface area contributed by atoms with Gasteiger partial charge >= 0.3 is 5.97 Å². The first-order valence-electron chi connectivity index (χ1n) is 5.64. The molecule has 0 fully saturated rings. The van der Waals surface area contributed by atoms with Gasteiger partial charge in [-0.3, -0.25) is 4.79 Å². The van der Waals surface area contributed by atoms with E-state index in [1.54, 1.807) is 12.1 Å². The quantitative estimate of drug-likeness (QED) is 0.628. The third kappa shape index (κ3) is 5.20. The summed E-state index contributed by atoms with van der Waals surface area (Å²) >= 11 is 5.76. The molecule has 1 N–H and O–H groups in total. The zero-order valence-corrected chi connectivity index (χ0v) is 10.6. The van der Waals surface area contributed by atoms with Gasteiger partial charge in [0, 0.05) is 11.4 Å². The predicted molar refractivity (Wildman–Crippen MR) is 66.9 cm³/mol. The van der Waals surface area contributed by atoms with Gasteiger partial charge in [-0.1, -0.05) is 23.7 Å². The van der Waals surface area contributed by atoms with Gasteiger partial charge in [-0.2, -0.15) is 0 Å². The minimum atomic E-state index is -0.495. The van der Waals surface area contributed by atoms with Crippen LogP contribution in [0.2, 0.25) is 5.02 Å². The molecule has 1 unspecified atom stereocenters. The Morgan fingerprint density at radius 2 is 2.00 bits per heavy atom. The Labute approximate surface area is 106 Å². The van der Waals surface area contributed by atoms with Crippen molar-refractivity contribution in [2.24, 2.45) is 0 Å². The number of esters is 1. The summed E-state index contributed by atoms with van der Waals surface area (Å²) in [6, 6.07) is 7.14. The first-order valence-corrected chi connectivity index (χ1v) is 6.01. The Bertz CT molecular complexity index is 348. The Balaban J connectivity index is 2.27. The van der Waals surface area contributed by atoms with Gasteiger partial charge in [0.1, 0.15) is 0 Å². The number of aliphatic hydroxyl groups is 1. The average molecular weight is 257 g/mol. The second kappa shape index (κ2) is 7.30. The number of halogens is 1. The molecule has 3 nitrogen and oxygen atoms in total. The van der Waals surface area contributed by atoms with Crippen molar-refractivity contribution in [3.63, 3.8) is 0 Å². The van der Waals surface area contributed by atoms with Gasteiger partial charge in [0.2, 0.25) is 0 Å². The summed E-state index contributed by atoms with van der Waals surface area (Å²) in [6.45, 7) is 0. The molecule has 0 bridgehead atoms. The van der Waals surface area contributed by atoms with Crippen molar-refractivity contribution < 1.29 is 14.6 Å². The molecule has 17 heavy (non-hydrogen) atoms. The summed E-state index contributed by atoms with van der Waals surface area (Å²) in [5.74, 6) is -0.203. The topological polar surface area (TPSA) is 46.5 Å². The maximum atomic E-state index is 10.9. The molecule has 1 atom stereocenters. The van der Waals surface area contributed by atoms with Crippen LogP contribution in [0.4, 0.5) is 0 Å². The lowest BCUT2D eigenvalue weighted by atomic mass is 10.0. The lowest BCUT2D eigenvalue weighted by Crippen LogP contribution is -2.01. The molecule has 0 radical (unpaired) electrons. The molecule has 0 saturated carbocycles. The van der Waals surface area contributed by atoms with Crippen LogP contribution < -0.4 is 0 Å². The van der Waals surface area contributed by atoms with Crippen LogP contribution in [0.15, 0.2) is 24.3 Å². The lowest BCUT2D eigenvalue weighted by Gasteiger charge is -2.10. The van der Waals surface area contributed by atoms with Gasteiger partial charge in [-0.25, -0.2) is 0 Å². The lowest BCUT2D eigenvalue weighted by molar-refractivity contribution is -0.140. The predicted octanol–water partition coefficient (Wildman–Crippen LogP) is 3.11. The number of rotatable bonds is 6. The average Bonchev–Trinajstić information content (AvgIpc) is 2.34. The summed E-state index contributed by atoms with van der Waals surface area (Å²) in [4.78, 5) is 10.9. The monoisotopic (exact) mass is 256 g/mol. The van der Waals surface area contributed by atoms with E-state index in [0.29, 0.717) is 17.9 Å². The molecule has 0 aromatic heterocycles. The fourth-order valence-corrected chi connectivity index (χ4v) is 1.69. The van der Waals surface area contributed by atoms with Crippen molar-refractivity contribution in [1.29, 1.82) is 0 Å². The second-order valence-electron chi connectivity index (χ2n) is 3.89. The molecule has 4 heteroatoms. The summed E-state index contributed by atoms with van der Waals surface area (Å²) in [5, 5.41) is 10.5. The molecule has 0 aliphatic carbocycles. The maximum absolute atomic E-state index is 10.9. The van der Waals surface area contributed by atoms with Crippen molar-refractivity contribution >= 4 is 17.6 Å². The van der Waals surface area contributed by atoms with Crippen LogP contribution >= 0.6 is 11.6 Å². The number of unbranched alkanes of at least 4 members (excludes halogenated alkanes) is 1. The molecule has 0 amide bonds. The van der Waals surface area contributed by atoms with Crippen LogP contribution in [0.25, 0.3) is 0 Å². The third-order valence-electron chi connectivity index (χ3n) is 2.59. The van der Waals surface area contributed by atoms with Gasteiger partial charge in [0.25, 0.3) is 0 Å². The maximum Gasteiger partial charge on any atom is 0.305 e. The molecular formula is C13H17ClO3. The zero-order valence-electron chi connectivity index (χ0n) is 9.86. The first kappa shape index (κ1) is 14.0. The van der Waals surface area contributed by atoms with Crippen LogP contribution in [0.1, 0.15) is 37.4 Å². The fraction of sp³-hybridized carbons (Fsp3) is 0.462. The van der Waals surface area contributed by atoms with Crippen molar-refractivity contribution in [3.8, 4) is 0 Å². The van der Waals surface area contributed by atoms with Crippen LogP contribution in [0.5, 0.6) is 0 Å². The first-order chi connectivity index (χ1) is 8.13.